The molecule has 1 fully saturated rings. The van der Waals surface area contributed by atoms with E-state index in [9.17, 15) is 8.78 Å². The van der Waals surface area contributed by atoms with Gasteiger partial charge in [0.25, 0.3) is 0 Å². The Morgan fingerprint density at radius 1 is 1.24 bits per heavy atom. The Hall–Kier alpha value is -0.520. The lowest BCUT2D eigenvalue weighted by molar-refractivity contribution is 0.00881. The average molecular weight is 362 g/mol. The minimum Gasteiger partial charge on any atom is -0.373 e. The molecular weight excluding hydrogens is 340 g/mol. The van der Waals surface area contributed by atoms with Gasteiger partial charge < -0.3 is 10.1 Å². The minimum absolute atomic E-state index is 0.00513. The van der Waals surface area contributed by atoms with Gasteiger partial charge in [0.15, 0.2) is 0 Å². The summed E-state index contributed by atoms with van der Waals surface area (Å²) in [6.07, 6.45) is 5.25. The van der Waals surface area contributed by atoms with Crippen LogP contribution in [0.3, 0.4) is 0 Å². The van der Waals surface area contributed by atoms with Crippen molar-refractivity contribution in [2.75, 3.05) is 6.54 Å². The Balaban J connectivity index is 1.81. The van der Waals surface area contributed by atoms with Gasteiger partial charge in [-0.2, -0.15) is 0 Å². The van der Waals surface area contributed by atoms with Crippen LogP contribution in [-0.2, 0) is 11.3 Å². The molecule has 1 N–H and O–H groups in total. The highest BCUT2D eigenvalue weighted by Crippen LogP contribution is 2.26. The van der Waals surface area contributed by atoms with Crippen LogP contribution in [0, 0.1) is 11.6 Å². The van der Waals surface area contributed by atoms with Crippen molar-refractivity contribution in [3.05, 3.63) is 33.8 Å². The molecule has 0 atom stereocenters. The van der Waals surface area contributed by atoms with Crippen LogP contribution >= 0.6 is 15.9 Å². The van der Waals surface area contributed by atoms with Crippen LogP contribution in [0.25, 0.3) is 0 Å². The maximum atomic E-state index is 13.8. The van der Waals surface area contributed by atoms with E-state index in [4.69, 9.17) is 4.74 Å². The van der Waals surface area contributed by atoms with Crippen molar-refractivity contribution < 1.29 is 13.5 Å². The molecule has 118 valence electrons. The number of halogens is 3. The summed E-state index contributed by atoms with van der Waals surface area (Å²) in [5.41, 5.74) is 0.00982. The molecule has 0 aromatic heterocycles. The predicted octanol–water partition coefficient (Wildman–Crippen LogP) is 4.55. The second kappa shape index (κ2) is 8.20. The zero-order valence-corrected chi connectivity index (χ0v) is 13.9. The predicted molar refractivity (Wildman–Crippen MR) is 83.2 cm³/mol. The molecule has 0 unspecified atom stereocenters. The highest BCUT2D eigenvalue weighted by Gasteiger charge is 2.22. The number of rotatable bonds is 6. The van der Waals surface area contributed by atoms with Gasteiger partial charge in [-0.25, -0.2) is 8.78 Å². The Morgan fingerprint density at radius 2 is 1.95 bits per heavy atom. The van der Waals surface area contributed by atoms with Gasteiger partial charge in [-0.05, 0) is 66.7 Å². The van der Waals surface area contributed by atoms with Crippen LogP contribution in [0.15, 0.2) is 16.6 Å². The molecule has 21 heavy (non-hydrogen) atoms. The number of hydrogen-bond acceptors (Lipinski definition) is 2. The highest BCUT2D eigenvalue weighted by molar-refractivity contribution is 9.10. The first kappa shape index (κ1) is 16.8. The zero-order valence-electron chi connectivity index (χ0n) is 12.3. The largest absolute Gasteiger partial charge is 0.373 e. The van der Waals surface area contributed by atoms with Crippen molar-refractivity contribution in [1.29, 1.82) is 0 Å². The molecule has 1 aliphatic carbocycles. The van der Waals surface area contributed by atoms with Crippen molar-refractivity contribution in [1.82, 2.24) is 5.32 Å². The molecule has 1 aromatic rings. The lowest BCUT2D eigenvalue weighted by Gasteiger charge is -2.29. The van der Waals surface area contributed by atoms with Gasteiger partial charge in [0, 0.05) is 6.04 Å². The van der Waals surface area contributed by atoms with Gasteiger partial charge in [-0.1, -0.05) is 6.92 Å². The summed E-state index contributed by atoms with van der Waals surface area (Å²) in [6, 6.07) is 3.19. The lowest BCUT2D eigenvalue weighted by atomic mass is 9.93. The van der Waals surface area contributed by atoms with Gasteiger partial charge >= 0.3 is 0 Å². The minimum atomic E-state index is -0.562. The van der Waals surface area contributed by atoms with Gasteiger partial charge in [-0.15, -0.1) is 0 Å². The van der Waals surface area contributed by atoms with Gasteiger partial charge in [-0.3, -0.25) is 0 Å². The van der Waals surface area contributed by atoms with E-state index in [1.807, 2.05) is 0 Å². The maximum Gasteiger partial charge on any atom is 0.145 e. The van der Waals surface area contributed by atoms with Gasteiger partial charge in [0.1, 0.15) is 11.6 Å². The molecule has 0 saturated heterocycles. The Kier molecular flexibility index (Phi) is 6.58. The Morgan fingerprint density at radius 3 is 2.62 bits per heavy atom. The summed E-state index contributed by atoms with van der Waals surface area (Å²) in [4.78, 5) is 0. The quantitative estimate of drug-likeness (QED) is 0.750. The lowest BCUT2D eigenvalue weighted by Crippen LogP contribution is -2.35. The van der Waals surface area contributed by atoms with Crippen molar-refractivity contribution in [2.24, 2.45) is 0 Å². The number of nitrogens with one attached hydrogen (secondary N) is 1. The van der Waals surface area contributed by atoms with E-state index in [2.05, 4.69) is 28.2 Å². The smallest absolute Gasteiger partial charge is 0.145 e. The summed E-state index contributed by atoms with van der Waals surface area (Å²) < 4.78 is 33.5. The third kappa shape index (κ3) is 4.73. The van der Waals surface area contributed by atoms with E-state index in [-0.39, 0.29) is 22.7 Å². The van der Waals surface area contributed by atoms with Crippen LogP contribution in [0.1, 0.15) is 44.6 Å². The topological polar surface area (TPSA) is 21.3 Å². The third-order valence-electron chi connectivity index (χ3n) is 3.96. The van der Waals surface area contributed by atoms with E-state index in [0.29, 0.717) is 6.04 Å². The summed E-state index contributed by atoms with van der Waals surface area (Å²) in [5, 5.41) is 3.51. The zero-order chi connectivity index (χ0) is 15.2. The third-order valence-corrected chi connectivity index (χ3v) is 4.57. The molecule has 0 amide bonds. The van der Waals surface area contributed by atoms with Crippen LogP contribution in [-0.4, -0.2) is 18.7 Å². The van der Waals surface area contributed by atoms with Crippen LogP contribution in [0.5, 0.6) is 0 Å². The average Bonchev–Trinajstić information content (AvgIpc) is 2.50. The van der Waals surface area contributed by atoms with E-state index in [1.54, 1.807) is 0 Å². The van der Waals surface area contributed by atoms with Crippen LogP contribution in [0.4, 0.5) is 8.78 Å². The summed E-state index contributed by atoms with van der Waals surface area (Å²) in [7, 11) is 0. The molecule has 5 heteroatoms. The van der Waals surface area contributed by atoms with Crippen LogP contribution in [0.2, 0.25) is 0 Å². The first-order valence-electron chi connectivity index (χ1n) is 7.59. The number of benzene rings is 1. The molecular formula is C16H22BrF2NO. The molecule has 0 heterocycles. The standard InChI is InChI=1S/C16H22BrF2NO/c1-2-9-20-11-3-5-12(6-4-11)21-10-13-15(18)8-7-14(17)16(13)19/h7-8,11-12,20H,2-6,9-10H2,1H3. The van der Waals surface area contributed by atoms with Gasteiger partial charge in [0.05, 0.1) is 22.7 Å². The highest BCUT2D eigenvalue weighted by atomic mass is 79.9. The monoisotopic (exact) mass is 361 g/mol. The van der Waals surface area contributed by atoms with Crippen LogP contribution < -0.4 is 5.32 Å². The van der Waals surface area contributed by atoms with Crippen molar-refractivity contribution >= 4 is 15.9 Å². The van der Waals surface area contributed by atoms with E-state index < -0.39 is 11.6 Å². The molecule has 0 aliphatic heterocycles. The van der Waals surface area contributed by atoms with E-state index >= 15 is 0 Å². The Bertz CT molecular complexity index is 462. The fourth-order valence-corrected chi connectivity index (χ4v) is 3.06. The summed E-state index contributed by atoms with van der Waals surface area (Å²) >= 11 is 3.07. The molecule has 2 nitrogen and oxygen atoms in total. The Labute approximate surface area is 133 Å². The first-order valence-corrected chi connectivity index (χ1v) is 8.38. The molecule has 2 rings (SSSR count). The maximum absolute atomic E-state index is 13.8. The van der Waals surface area contributed by atoms with Crippen molar-refractivity contribution in [3.8, 4) is 0 Å². The van der Waals surface area contributed by atoms with E-state index in [1.165, 1.54) is 12.1 Å². The van der Waals surface area contributed by atoms with E-state index in [0.717, 1.165) is 38.6 Å². The SMILES string of the molecule is CCCNC1CCC(OCc2c(F)ccc(Br)c2F)CC1. The second-order valence-electron chi connectivity index (χ2n) is 5.56. The van der Waals surface area contributed by atoms with Gasteiger partial charge in [0.2, 0.25) is 0 Å². The van der Waals surface area contributed by atoms with Crippen molar-refractivity contribution in [2.45, 2.75) is 57.8 Å². The molecule has 1 saturated carbocycles. The normalized spacial score (nSPS) is 22.5. The molecule has 0 radical (unpaired) electrons. The fraction of sp³-hybridized carbons (Fsp3) is 0.625. The molecule has 1 aliphatic rings. The number of ether oxygens (including phenoxy) is 1. The summed E-state index contributed by atoms with van der Waals surface area (Å²) in [6.45, 7) is 3.20. The fourth-order valence-electron chi connectivity index (χ4n) is 2.68. The number of hydrogen-bond donors (Lipinski definition) is 1. The summed E-state index contributed by atoms with van der Waals surface area (Å²) in [5.74, 6) is -1.11. The molecule has 1 aromatic carbocycles. The first-order chi connectivity index (χ1) is 10.1. The van der Waals surface area contributed by atoms with Crippen molar-refractivity contribution in [3.63, 3.8) is 0 Å². The second-order valence-corrected chi connectivity index (χ2v) is 6.41. The molecule has 0 bridgehead atoms. The molecule has 0 spiro atoms.